The molecule has 1 aromatic carbocycles. The van der Waals surface area contributed by atoms with Crippen LogP contribution in [0.2, 0.25) is 5.02 Å². The maximum absolute atomic E-state index is 12.6. The molecule has 2 aromatic rings. The van der Waals surface area contributed by atoms with Gasteiger partial charge in [0, 0.05) is 43.3 Å². The Balaban J connectivity index is 1.12. The lowest BCUT2D eigenvalue weighted by Crippen LogP contribution is -2.44. The van der Waals surface area contributed by atoms with Gasteiger partial charge in [-0.2, -0.15) is 5.10 Å². The SMILES string of the molecule is CN1CCN(CCCCCCCCN2C(=O)CN(N=Cc3ccc(-c4ccc(Cl)cc4)o3)C2=O)CC1. The van der Waals surface area contributed by atoms with E-state index in [-0.39, 0.29) is 18.5 Å². The number of unbranched alkanes of at least 4 members (excludes halogenated alkanes) is 5. The van der Waals surface area contributed by atoms with Crippen LogP contribution in [0.1, 0.15) is 44.3 Å². The molecule has 1 aromatic heterocycles. The molecule has 0 N–H and O–H groups in total. The first-order valence-electron chi connectivity index (χ1n) is 12.9. The van der Waals surface area contributed by atoms with Crippen molar-refractivity contribution in [2.45, 2.75) is 38.5 Å². The van der Waals surface area contributed by atoms with E-state index in [1.54, 1.807) is 18.2 Å². The molecule has 36 heavy (non-hydrogen) atoms. The molecule has 3 heterocycles. The molecule has 2 aliphatic rings. The van der Waals surface area contributed by atoms with Crippen molar-refractivity contribution in [3.05, 3.63) is 47.2 Å². The number of hydrogen-bond donors (Lipinski definition) is 0. The average molecular weight is 514 g/mol. The summed E-state index contributed by atoms with van der Waals surface area (Å²) >= 11 is 5.93. The number of piperazine rings is 1. The van der Waals surface area contributed by atoms with Gasteiger partial charge in [-0.05, 0) is 62.8 Å². The molecule has 0 radical (unpaired) electrons. The summed E-state index contributed by atoms with van der Waals surface area (Å²) in [7, 11) is 2.19. The number of rotatable bonds is 12. The van der Waals surface area contributed by atoms with Crippen LogP contribution in [0.15, 0.2) is 45.9 Å². The lowest BCUT2D eigenvalue weighted by molar-refractivity contribution is -0.125. The van der Waals surface area contributed by atoms with Crippen LogP contribution in [0.25, 0.3) is 11.3 Å². The number of halogens is 1. The van der Waals surface area contributed by atoms with Crippen LogP contribution < -0.4 is 0 Å². The van der Waals surface area contributed by atoms with Crippen molar-refractivity contribution in [1.29, 1.82) is 0 Å². The van der Waals surface area contributed by atoms with Crippen LogP contribution in [0.5, 0.6) is 0 Å². The van der Waals surface area contributed by atoms with Crippen molar-refractivity contribution in [2.24, 2.45) is 5.10 Å². The summed E-state index contributed by atoms with van der Waals surface area (Å²) in [4.78, 5) is 31.2. The lowest BCUT2D eigenvalue weighted by atomic mass is 10.1. The number of urea groups is 1. The fraction of sp³-hybridized carbons (Fsp3) is 0.519. The molecule has 8 nitrogen and oxygen atoms in total. The van der Waals surface area contributed by atoms with Crippen molar-refractivity contribution < 1.29 is 14.0 Å². The number of nitrogens with zero attached hydrogens (tertiary/aromatic N) is 5. The minimum atomic E-state index is -0.368. The molecule has 0 saturated carbocycles. The fourth-order valence-corrected chi connectivity index (χ4v) is 4.67. The third kappa shape index (κ3) is 7.41. The maximum atomic E-state index is 12.6. The molecule has 4 rings (SSSR count). The number of likely N-dealkylation sites (N-methyl/N-ethyl adjacent to an activating group) is 1. The Morgan fingerprint density at radius 1 is 0.889 bits per heavy atom. The molecule has 9 heteroatoms. The van der Waals surface area contributed by atoms with Gasteiger partial charge in [-0.1, -0.05) is 37.3 Å². The third-order valence-electron chi connectivity index (χ3n) is 6.82. The molecule has 2 saturated heterocycles. The van der Waals surface area contributed by atoms with E-state index in [4.69, 9.17) is 16.0 Å². The van der Waals surface area contributed by atoms with Gasteiger partial charge < -0.3 is 14.2 Å². The average Bonchev–Trinajstić information content (AvgIpc) is 3.45. The largest absolute Gasteiger partial charge is 0.455 e. The number of hydrazone groups is 1. The van der Waals surface area contributed by atoms with E-state index in [1.165, 1.54) is 68.1 Å². The Hall–Kier alpha value is -2.68. The summed E-state index contributed by atoms with van der Waals surface area (Å²) in [5.41, 5.74) is 0.896. The van der Waals surface area contributed by atoms with Gasteiger partial charge in [0.2, 0.25) is 0 Å². The topological polar surface area (TPSA) is 72.6 Å². The van der Waals surface area contributed by atoms with Crippen LogP contribution in [0.4, 0.5) is 4.79 Å². The predicted molar refractivity (Wildman–Crippen MR) is 142 cm³/mol. The zero-order chi connectivity index (χ0) is 25.3. The molecule has 0 unspecified atom stereocenters. The fourth-order valence-electron chi connectivity index (χ4n) is 4.54. The highest BCUT2D eigenvalue weighted by atomic mass is 35.5. The Morgan fingerprint density at radius 3 is 2.28 bits per heavy atom. The predicted octanol–water partition coefficient (Wildman–Crippen LogP) is 4.79. The zero-order valence-corrected chi connectivity index (χ0v) is 21.8. The van der Waals surface area contributed by atoms with E-state index in [1.807, 2.05) is 18.2 Å². The van der Waals surface area contributed by atoms with Gasteiger partial charge in [0.05, 0.1) is 6.21 Å². The number of imide groups is 1. The molecule has 2 fully saturated rings. The molecule has 0 aliphatic carbocycles. The summed E-state index contributed by atoms with van der Waals surface area (Å²) in [5, 5.41) is 6.05. The molecule has 0 bridgehead atoms. The smallest absolute Gasteiger partial charge is 0.347 e. The van der Waals surface area contributed by atoms with E-state index in [9.17, 15) is 9.59 Å². The number of carbonyl (C=O) groups is 2. The number of hydrogen-bond acceptors (Lipinski definition) is 6. The van der Waals surface area contributed by atoms with E-state index < -0.39 is 0 Å². The van der Waals surface area contributed by atoms with Crippen molar-refractivity contribution in [3.8, 4) is 11.3 Å². The summed E-state index contributed by atoms with van der Waals surface area (Å²) in [6.45, 7) is 6.32. The molecule has 2 aliphatic heterocycles. The molecule has 0 atom stereocenters. The van der Waals surface area contributed by atoms with Gasteiger partial charge in [0.15, 0.2) is 0 Å². The zero-order valence-electron chi connectivity index (χ0n) is 21.1. The van der Waals surface area contributed by atoms with Crippen molar-refractivity contribution >= 4 is 29.8 Å². The molecular weight excluding hydrogens is 478 g/mol. The summed E-state index contributed by atoms with van der Waals surface area (Å²) in [6, 6.07) is 10.6. The number of benzene rings is 1. The minimum absolute atomic E-state index is 0.0353. The normalized spacial score (nSPS) is 17.7. The highest BCUT2D eigenvalue weighted by Crippen LogP contribution is 2.23. The maximum Gasteiger partial charge on any atom is 0.347 e. The van der Waals surface area contributed by atoms with Crippen molar-refractivity contribution in [1.82, 2.24) is 19.7 Å². The summed E-state index contributed by atoms with van der Waals surface area (Å²) < 4.78 is 5.78. The van der Waals surface area contributed by atoms with Crippen LogP contribution >= 0.6 is 11.6 Å². The van der Waals surface area contributed by atoms with Crippen LogP contribution in [0, 0.1) is 0 Å². The van der Waals surface area contributed by atoms with Crippen LogP contribution in [-0.4, -0.2) is 90.7 Å². The summed E-state index contributed by atoms with van der Waals surface area (Å²) in [5.74, 6) is 0.981. The molecule has 3 amide bonds. The number of amides is 3. The van der Waals surface area contributed by atoms with Gasteiger partial charge in [-0.3, -0.25) is 9.69 Å². The molecular formula is C27H36ClN5O3. The van der Waals surface area contributed by atoms with Crippen molar-refractivity contribution in [2.75, 3.05) is 52.9 Å². The van der Waals surface area contributed by atoms with Gasteiger partial charge >= 0.3 is 6.03 Å². The van der Waals surface area contributed by atoms with Gasteiger partial charge in [-0.15, -0.1) is 0 Å². The Labute approximate surface area is 218 Å². The number of carbonyl (C=O) groups excluding carboxylic acids is 2. The molecule has 194 valence electrons. The first kappa shape index (κ1) is 26.4. The highest BCUT2D eigenvalue weighted by Gasteiger charge is 2.35. The Morgan fingerprint density at radius 2 is 1.56 bits per heavy atom. The quantitative estimate of drug-likeness (QED) is 0.232. The van der Waals surface area contributed by atoms with Gasteiger partial charge in [0.1, 0.15) is 18.1 Å². The van der Waals surface area contributed by atoms with Gasteiger partial charge in [-0.25, -0.2) is 9.80 Å². The van der Waals surface area contributed by atoms with Gasteiger partial charge in [0.25, 0.3) is 5.91 Å². The second-order valence-corrected chi connectivity index (χ2v) is 10.0. The third-order valence-corrected chi connectivity index (χ3v) is 7.07. The Bertz CT molecular complexity index is 1030. The lowest BCUT2D eigenvalue weighted by Gasteiger charge is -2.32. The Kier molecular flexibility index (Phi) is 9.55. The second kappa shape index (κ2) is 13.0. The standard InChI is InChI=1S/C27H36ClN5O3/c1-30-16-18-31(19-17-30)14-6-4-2-3-5-7-15-32-26(34)21-33(27(32)35)29-20-24-12-13-25(36-24)22-8-10-23(28)11-9-22/h8-13,20H,2-7,14-19,21H2,1H3. The second-order valence-electron chi connectivity index (χ2n) is 9.61. The van der Waals surface area contributed by atoms with Crippen LogP contribution in [0.3, 0.4) is 0 Å². The van der Waals surface area contributed by atoms with Crippen molar-refractivity contribution in [3.63, 3.8) is 0 Å². The minimum Gasteiger partial charge on any atom is -0.455 e. The van der Waals surface area contributed by atoms with E-state index in [0.29, 0.717) is 23.1 Å². The van der Waals surface area contributed by atoms with Crippen LogP contribution in [-0.2, 0) is 4.79 Å². The van der Waals surface area contributed by atoms with E-state index in [0.717, 1.165) is 24.8 Å². The monoisotopic (exact) mass is 513 g/mol. The first-order valence-corrected chi connectivity index (χ1v) is 13.3. The summed E-state index contributed by atoms with van der Waals surface area (Å²) in [6.07, 6.45) is 8.14. The highest BCUT2D eigenvalue weighted by molar-refractivity contribution is 6.30. The number of furan rings is 1. The van der Waals surface area contributed by atoms with E-state index in [2.05, 4.69) is 21.9 Å². The first-order chi connectivity index (χ1) is 17.5. The van der Waals surface area contributed by atoms with E-state index >= 15 is 0 Å². The molecule has 0 spiro atoms.